The quantitative estimate of drug-likeness (QED) is 0.843. The van der Waals surface area contributed by atoms with Gasteiger partial charge >= 0.3 is 0 Å². The third kappa shape index (κ3) is 2.97. The lowest BCUT2D eigenvalue weighted by atomic mass is 10.1. The third-order valence-corrected chi connectivity index (χ3v) is 2.88. The molecule has 3 heteroatoms. The summed E-state index contributed by atoms with van der Waals surface area (Å²) < 4.78 is 10.9. The summed E-state index contributed by atoms with van der Waals surface area (Å²) in [5.41, 5.74) is 1.25. The molecule has 1 N–H and O–H groups in total. The van der Waals surface area contributed by atoms with E-state index in [4.69, 9.17) is 9.47 Å². The summed E-state index contributed by atoms with van der Waals surface area (Å²) in [6.45, 7) is 1.94. The second-order valence-corrected chi connectivity index (χ2v) is 4.02. The highest BCUT2D eigenvalue weighted by Gasteiger charge is 2.13. The van der Waals surface area contributed by atoms with Crippen molar-refractivity contribution in [2.45, 2.75) is 25.5 Å². The van der Waals surface area contributed by atoms with Gasteiger partial charge in [0.15, 0.2) is 0 Å². The monoisotopic (exact) mass is 221 g/mol. The van der Waals surface area contributed by atoms with Crippen LogP contribution in [0, 0.1) is 0 Å². The SMILES string of the molecule is COc1ccccc1CCC1NCCCO1. The molecule has 0 radical (unpaired) electrons. The van der Waals surface area contributed by atoms with Crippen LogP contribution in [-0.2, 0) is 11.2 Å². The van der Waals surface area contributed by atoms with E-state index >= 15 is 0 Å². The van der Waals surface area contributed by atoms with Gasteiger partial charge < -0.3 is 9.47 Å². The van der Waals surface area contributed by atoms with E-state index in [9.17, 15) is 0 Å². The first kappa shape index (κ1) is 11.4. The zero-order chi connectivity index (χ0) is 11.2. The van der Waals surface area contributed by atoms with Gasteiger partial charge in [0, 0.05) is 6.61 Å². The van der Waals surface area contributed by atoms with Crippen molar-refractivity contribution in [3.8, 4) is 5.75 Å². The van der Waals surface area contributed by atoms with Crippen LogP contribution in [0.5, 0.6) is 5.75 Å². The summed E-state index contributed by atoms with van der Waals surface area (Å²) in [4.78, 5) is 0. The topological polar surface area (TPSA) is 30.5 Å². The molecule has 0 aromatic heterocycles. The largest absolute Gasteiger partial charge is 0.496 e. The Labute approximate surface area is 96.8 Å². The van der Waals surface area contributed by atoms with E-state index in [2.05, 4.69) is 11.4 Å². The molecular weight excluding hydrogens is 202 g/mol. The van der Waals surface area contributed by atoms with E-state index in [1.807, 2.05) is 18.2 Å². The molecule has 0 spiro atoms. The van der Waals surface area contributed by atoms with E-state index < -0.39 is 0 Å². The first-order chi connectivity index (χ1) is 7.90. The van der Waals surface area contributed by atoms with Crippen LogP contribution < -0.4 is 10.1 Å². The average molecular weight is 221 g/mol. The number of para-hydroxylation sites is 1. The zero-order valence-corrected chi connectivity index (χ0v) is 9.74. The van der Waals surface area contributed by atoms with Crippen LogP contribution in [0.2, 0.25) is 0 Å². The van der Waals surface area contributed by atoms with E-state index in [-0.39, 0.29) is 6.23 Å². The number of hydrogen-bond acceptors (Lipinski definition) is 3. The molecule has 1 atom stereocenters. The Morgan fingerprint density at radius 2 is 2.31 bits per heavy atom. The van der Waals surface area contributed by atoms with Crippen molar-refractivity contribution in [3.05, 3.63) is 29.8 Å². The summed E-state index contributed by atoms with van der Waals surface area (Å²) in [6.07, 6.45) is 3.31. The van der Waals surface area contributed by atoms with Crippen molar-refractivity contribution < 1.29 is 9.47 Å². The van der Waals surface area contributed by atoms with Crippen LogP contribution in [0.3, 0.4) is 0 Å². The van der Waals surface area contributed by atoms with E-state index in [1.54, 1.807) is 7.11 Å². The molecule has 2 rings (SSSR count). The van der Waals surface area contributed by atoms with Gasteiger partial charge in [-0.2, -0.15) is 0 Å². The Hall–Kier alpha value is -1.06. The van der Waals surface area contributed by atoms with Crippen LogP contribution in [0.4, 0.5) is 0 Å². The average Bonchev–Trinajstić information content (AvgIpc) is 2.38. The second kappa shape index (κ2) is 5.87. The molecule has 0 aliphatic carbocycles. The highest BCUT2D eigenvalue weighted by atomic mass is 16.5. The van der Waals surface area contributed by atoms with Gasteiger partial charge in [0.1, 0.15) is 12.0 Å². The van der Waals surface area contributed by atoms with Crippen molar-refractivity contribution in [2.24, 2.45) is 0 Å². The number of aryl methyl sites for hydroxylation is 1. The van der Waals surface area contributed by atoms with Crippen LogP contribution in [0.15, 0.2) is 24.3 Å². The van der Waals surface area contributed by atoms with Gasteiger partial charge in [-0.1, -0.05) is 18.2 Å². The van der Waals surface area contributed by atoms with E-state index in [1.165, 1.54) is 5.56 Å². The number of ether oxygens (including phenoxy) is 2. The van der Waals surface area contributed by atoms with Crippen LogP contribution in [0.1, 0.15) is 18.4 Å². The lowest BCUT2D eigenvalue weighted by molar-refractivity contribution is -0.00343. The van der Waals surface area contributed by atoms with Gasteiger partial charge in [0.05, 0.1) is 7.11 Å². The maximum atomic E-state index is 5.62. The van der Waals surface area contributed by atoms with Crippen molar-refractivity contribution >= 4 is 0 Å². The minimum absolute atomic E-state index is 0.207. The molecule has 1 heterocycles. The van der Waals surface area contributed by atoms with Crippen molar-refractivity contribution in [2.75, 3.05) is 20.3 Å². The Bertz CT molecular complexity index is 321. The summed E-state index contributed by atoms with van der Waals surface area (Å²) >= 11 is 0. The Morgan fingerprint density at radius 3 is 3.06 bits per heavy atom. The van der Waals surface area contributed by atoms with Crippen LogP contribution in [0.25, 0.3) is 0 Å². The maximum absolute atomic E-state index is 5.62. The maximum Gasteiger partial charge on any atom is 0.122 e. The molecule has 1 aromatic rings. The Morgan fingerprint density at radius 1 is 1.44 bits per heavy atom. The molecule has 1 aliphatic heterocycles. The molecule has 1 aromatic carbocycles. The zero-order valence-electron chi connectivity index (χ0n) is 9.74. The summed E-state index contributed by atoms with van der Waals surface area (Å²) in [7, 11) is 1.72. The van der Waals surface area contributed by atoms with E-state index in [0.29, 0.717) is 0 Å². The molecule has 0 bridgehead atoms. The molecular formula is C13H19NO2. The number of nitrogens with one attached hydrogen (secondary N) is 1. The van der Waals surface area contributed by atoms with Crippen LogP contribution in [-0.4, -0.2) is 26.5 Å². The fourth-order valence-electron chi connectivity index (χ4n) is 2.00. The van der Waals surface area contributed by atoms with Crippen LogP contribution >= 0.6 is 0 Å². The van der Waals surface area contributed by atoms with Crippen molar-refractivity contribution in [3.63, 3.8) is 0 Å². The molecule has 0 saturated carbocycles. The number of hydrogen-bond donors (Lipinski definition) is 1. The normalized spacial score (nSPS) is 20.7. The highest BCUT2D eigenvalue weighted by Crippen LogP contribution is 2.19. The smallest absolute Gasteiger partial charge is 0.122 e. The third-order valence-electron chi connectivity index (χ3n) is 2.88. The first-order valence-electron chi connectivity index (χ1n) is 5.87. The van der Waals surface area contributed by atoms with E-state index in [0.717, 1.165) is 38.2 Å². The lowest BCUT2D eigenvalue weighted by Gasteiger charge is -2.24. The van der Waals surface area contributed by atoms with Gasteiger partial charge in [0.25, 0.3) is 0 Å². The Kier molecular flexibility index (Phi) is 4.19. The van der Waals surface area contributed by atoms with Gasteiger partial charge in [0.2, 0.25) is 0 Å². The molecule has 16 heavy (non-hydrogen) atoms. The predicted octanol–water partition coefficient (Wildman–Crippen LogP) is 1.96. The standard InChI is InChI=1S/C13H19NO2/c1-15-12-6-3-2-5-11(12)7-8-13-14-9-4-10-16-13/h2-3,5-6,13-14H,4,7-10H2,1H3. The number of benzene rings is 1. The second-order valence-electron chi connectivity index (χ2n) is 4.02. The lowest BCUT2D eigenvalue weighted by Crippen LogP contribution is -2.38. The minimum Gasteiger partial charge on any atom is -0.496 e. The summed E-state index contributed by atoms with van der Waals surface area (Å²) in [5.74, 6) is 0.971. The number of methoxy groups -OCH3 is 1. The van der Waals surface area contributed by atoms with Gasteiger partial charge in [-0.15, -0.1) is 0 Å². The molecule has 1 saturated heterocycles. The molecule has 0 amide bonds. The summed E-state index contributed by atoms with van der Waals surface area (Å²) in [6, 6.07) is 8.16. The molecule has 88 valence electrons. The first-order valence-corrected chi connectivity index (χ1v) is 5.87. The van der Waals surface area contributed by atoms with Crippen molar-refractivity contribution in [1.29, 1.82) is 0 Å². The number of rotatable bonds is 4. The summed E-state index contributed by atoms with van der Waals surface area (Å²) in [5, 5.41) is 3.36. The van der Waals surface area contributed by atoms with Crippen molar-refractivity contribution in [1.82, 2.24) is 5.32 Å². The minimum atomic E-state index is 0.207. The Balaban J connectivity index is 1.88. The van der Waals surface area contributed by atoms with Gasteiger partial charge in [-0.3, -0.25) is 5.32 Å². The molecule has 1 aliphatic rings. The fourth-order valence-corrected chi connectivity index (χ4v) is 2.00. The molecule has 1 fully saturated rings. The highest BCUT2D eigenvalue weighted by molar-refractivity contribution is 5.33. The molecule has 3 nitrogen and oxygen atoms in total. The fraction of sp³-hybridized carbons (Fsp3) is 0.538. The molecule has 1 unspecified atom stereocenters. The van der Waals surface area contributed by atoms with Gasteiger partial charge in [-0.25, -0.2) is 0 Å². The van der Waals surface area contributed by atoms with Gasteiger partial charge in [-0.05, 0) is 37.4 Å². The predicted molar refractivity (Wildman–Crippen MR) is 63.7 cm³/mol.